The Balaban J connectivity index is 0.000000213. The first-order valence-corrected chi connectivity index (χ1v) is 6.36. The maximum atomic E-state index is 7.84. The Morgan fingerprint density at radius 2 is 2.07 bits per heavy atom. The predicted octanol–water partition coefficient (Wildman–Crippen LogP) is 1.87. The summed E-state index contributed by atoms with van der Waals surface area (Å²) >= 11 is 1.41. The molecule has 1 heterocycles. The molecule has 1 aromatic carbocycles. The summed E-state index contributed by atoms with van der Waals surface area (Å²) in [5.41, 5.74) is 3.14. The average Bonchev–Trinajstić information content (AvgIpc) is 2.62. The first kappa shape index (κ1) is 11.7. The van der Waals surface area contributed by atoms with Crippen LogP contribution in [0.5, 0.6) is 0 Å². The monoisotopic (exact) mass is 208 g/mol. The molecule has 0 radical (unpaired) electrons. The summed E-state index contributed by atoms with van der Waals surface area (Å²) in [5, 5.41) is 7.84. The smallest absolute Gasteiger partial charge is 0.173 e. The molecule has 1 aliphatic rings. The molecule has 0 bridgehead atoms. The third-order valence-electron chi connectivity index (χ3n) is 2.56. The van der Waals surface area contributed by atoms with E-state index in [1.165, 1.54) is 24.5 Å². The van der Waals surface area contributed by atoms with Gasteiger partial charge in [0.2, 0.25) is 0 Å². The van der Waals surface area contributed by atoms with Crippen molar-refractivity contribution in [3.63, 3.8) is 0 Å². The van der Waals surface area contributed by atoms with Crippen LogP contribution < -0.4 is 5.46 Å². The summed E-state index contributed by atoms with van der Waals surface area (Å²) < 4.78 is 0. The maximum absolute atomic E-state index is 7.84. The van der Waals surface area contributed by atoms with Crippen molar-refractivity contribution in [2.24, 2.45) is 0 Å². The van der Waals surface area contributed by atoms with Gasteiger partial charge < -0.3 is 5.11 Å². The molecule has 0 spiro atoms. The number of rotatable bonds is 1. The van der Waals surface area contributed by atoms with Crippen molar-refractivity contribution in [2.45, 2.75) is 19.6 Å². The summed E-state index contributed by atoms with van der Waals surface area (Å²) in [6.07, 6.45) is 4.48. The van der Waals surface area contributed by atoms with E-state index in [-0.39, 0.29) is 5.94 Å². The van der Waals surface area contributed by atoms with Crippen molar-refractivity contribution < 1.29 is 5.11 Å². The number of fused-ring (bicyclic) bond motifs is 1. The average molecular weight is 208 g/mol. The Hall–Kier alpha value is -0.405. The lowest BCUT2D eigenvalue weighted by Crippen LogP contribution is -2.21. The molecule has 0 fully saturated rings. The number of aryl methyl sites for hydroxylation is 1. The van der Waals surface area contributed by atoms with Gasteiger partial charge in [-0.2, -0.15) is 0 Å². The Labute approximate surface area is 91.0 Å². The Kier molecular flexibility index (Phi) is 5.12. The van der Waals surface area contributed by atoms with Crippen molar-refractivity contribution in [2.75, 3.05) is 12.2 Å². The molecule has 0 saturated carbocycles. The fourth-order valence-electron chi connectivity index (χ4n) is 1.77. The second kappa shape index (κ2) is 6.15. The highest BCUT2D eigenvalue weighted by atomic mass is 32.2. The standard InChI is InChI=1S/C9H11B.C2H6OS/c1-10-7-6-8-4-2-3-5-9(8)10;1-4-2-3/h2-5H,6-7H2,1H3;3H,2H2,1H3. The SMILES string of the molecule is CB1CCc2ccccc21.CSCO. The van der Waals surface area contributed by atoms with Crippen LogP contribution in [0.2, 0.25) is 13.1 Å². The minimum Gasteiger partial charge on any atom is -0.386 e. The second-order valence-electron chi connectivity index (χ2n) is 3.56. The van der Waals surface area contributed by atoms with E-state index in [9.17, 15) is 0 Å². The van der Waals surface area contributed by atoms with Crippen LogP contribution in [0.1, 0.15) is 5.56 Å². The highest BCUT2D eigenvalue weighted by Crippen LogP contribution is 2.12. The van der Waals surface area contributed by atoms with Gasteiger partial charge in [0.15, 0.2) is 6.71 Å². The number of aliphatic hydroxyl groups excluding tert-OH is 1. The minimum absolute atomic E-state index is 0.236. The number of hydrogen-bond donors (Lipinski definition) is 1. The van der Waals surface area contributed by atoms with Gasteiger partial charge in [-0.3, -0.25) is 0 Å². The Morgan fingerprint density at radius 3 is 2.64 bits per heavy atom. The van der Waals surface area contributed by atoms with Crippen molar-refractivity contribution in [3.05, 3.63) is 29.8 Å². The Bertz CT molecular complexity index is 276. The van der Waals surface area contributed by atoms with E-state index in [1.807, 2.05) is 6.26 Å². The minimum atomic E-state index is 0.236. The van der Waals surface area contributed by atoms with Gasteiger partial charge in [-0.15, -0.1) is 11.8 Å². The Morgan fingerprint density at radius 1 is 1.43 bits per heavy atom. The van der Waals surface area contributed by atoms with Gasteiger partial charge in [0, 0.05) is 0 Å². The quantitative estimate of drug-likeness (QED) is 0.561. The molecular formula is C11H17BOS. The lowest BCUT2D eigenvalue weighted by atomic mass is 9.48. The van der Waals surface area contributed by atoms with Gasteiger partial charge in [0.25, 0.3) is 0 Å². The van der Waals surface area contributed by atoms with Gasteiger partial charge >= 0.3 is 0 Å². The first-order chi connectivity index (χ1) is 6.79. The molecule has 1 aromatic rings. The highest BCUT2D eigenvalue weighted by Gasteiger charge is 2.19. The molecule has 0 unspecified atom stereocenters. The third-order valence-corrected chi connectivity index (χ3v) is 2.82. The number of aliphatic hydroxyl groups is 1. The van der Waals surface area contributed by atoms with Gasteiger partial charge in [0.1, 0.15) is 0 Å². The molecule has 3 heteroatoms. The maximum Gasteiger partial charge on any atom is 0.173 e. The molecule has 14 heavy (non-hydrogen) atoms. The van der Waals surface area contributed by atoms with Crippen LogP contribution in [0, 0.1) is 0 Å². The van der Waals surface area contributed by atoms with Crippen molar-refractivity contribution in [3.8, 4) is 0 Å². The molecule has 0 atom stereocenters. The van der Waals surface area contributed by atoms with E-state index in [2.05, 4.69) is 31.1 Å². The molecule has 0 aliphatic carbocycles. The van der Waals surface area contributed by atoms with E-state index >= 15 is 0 Å². The van der Waals surface area contributed by atoms with E-state index in [0.717, 1.165) is 6.71 Å². The second-order valence-corrected chi connectivity index (χ2v) is 4.39. The number of hydrogen-bond acceptors (Lipinski definition) is 2. The van der Waals surface area contributed by atoms with Gasteiger partial charge in [-0.1, -0.05) is 48.4 Å². The normalized spacial score (nSPS) is 13.2. The van der Waals surface area contributed by atoms with Crippen LogP contribution in [-0.4, -0.2) is 24.0 Å². The largest absolute Gasteiger partial charge is 0.386 e. The van der Waals surface area contributed by atoms with E-state index in [1.54, 1.807) is 11.0 Å². The van der Waals surface area contributed by atoms with E-state index in [4.69, 9.17) is 5.11 Å². The van der Waals surface area contributed by atoms with Crippen LogP contribution in [0.25, 0.3) is 0 Å². The highest BCUT2D eigenvalue weighted by molar-refractivity contribution is 7.98. The summed E-state index contributed by atoms with van der Waals surface area (Å²) in [4.78, 5) is 0. The van der Waals surface area contributed by atoms with Crippen LogP contribution in [0.4, 0.5) is 0 Å². The lowest BCUT2D eigenvalue weighted by molar-refractivity contribution is 0.376. The van der Waals surface area contributed by atoms with Gasteiger partial charge in [-0.05, 0) is 12.7 Å². The van der Waals surface area contributed by atoms with Crippen LogP contribution in [0.15, 0.2) is 24.3 Å². The van der Waals surface area contributed by atoms with E-state index < -0.39 is 0 Å². The molecule has 0 aromatic heterocycles. The first-order valence-electron chi connectivity index (χ1n) is 4.97. The topological polar surface area (TPSA) is 20.2 Å². The van der Waals surface area contributed by atoms with Crippen LogP contribution in [-0.2, 0) is 6.42 Å². The van der Waals surface area contributed by atoms with Gasteiger partial charge in [0.05, 0.1) is 5.94 Å². The van der Waals surface area contributed by atoms with Crippen molar-refractivity contribution in [1.82, 2.24) is 0 Å². The zero-order chi connectivity index (χ0) is 10.4. The molecule has 1 nitrogen and oxygen atoms in total. The summed E-state index contributed by atoms with van der Waals surface area (Å²) in [6.45, 7) is 3.11. The van der Waals surface area contributed by atoms with Gasteiger partial charge in [-0.25, -0.2) is 0 Å². The van der Waals surface area contributed by atoms with Crippen molar-refractivity contribution in [1.29, 1.82) is 0 Å². The zero-order valence-corrected chi connectivity index (χ0v) is 9.68. The fourth-order valence-corrected chi connectivity index (χ4v) is 1.77. The summed E-state index contributed by atoms with van der Waals surface area (Å²) in [5.74, 6) is 0.236. The molecule has 76 valence electrons. The molecule has 0 amide bonds. The summed E-state index contributed by atoms with van der Waals surface area (Å²) in [6, 6.07) is 8.78. The molecule has 1 aliphatic heterocycles. The number of thioether (sulfide) groups is 1. The zero-order valence-electron chi connectivity index (χ0n) is 8.86. The molecule has 2 rings (SSSR count). The van der Waals surface area contributed by atoms with Crippen LogP contribution in [0.3, 0.4) is 0 Å². The molecular weight excluding hydrogens is 191 g/mol. The number of benzene rings is 1. The third kappa shape index (κ3) is 3.07. The summed E-state index contributed by atoms with van der Waals surface area (Å²) in [7, 11) is 0. The van der Waals surface area contributed by atoms with Crippen molar-refractivity contribution >= 4 is 23.9 Å². The predicted molar refractivity (Wildman–Crippen MR) is 66.8 cm³/mol. The van der Waals surface area contributed by atoms with Crippen LogP contribution >= 0.6 is 11.8 Å². The lowest BCUT2D eigenvalue weighted by Gasteiger charge is -1.98. The molecule has 0 saturated heterocycles. The molecule has 1 N–H and O–H groups in total. The van der Waals surface area contributed by atoms with E-state index in [0.29, 0.717) is 0 Å². The fraction of sp³-hybridized carbons (Fsp3) is 0.455.